The second-order valence-electron chi connectivity index (χ2n) is 7.94. The summed E-state index contributed by atoms with van der Waals surface area (Å²) in [6.45, 7) is 2.32. The molecule has 31 heavy (non-hydrogen) atoms. The number of carbonyl (C=O) groups is 1. The number of aliphatic carboxylic acids is 1. The average molecular weight is 427 g/mol. The minimum absolute atomic E-state index is 0.0327. The maximum atomic E-state index is 12.2. The number of para-hydroxylation sites is 1. The predicted octanol–water partition coefficient (Wildman–Crippen LogP) is 2.52. The third-order valence-electron chi connectivity index (χ3n) is 5.61. The molecule has 8 heteroatoms. The Morgan fingerprint density at radius 1 is 1.29 bits per heavy atom. The fraction of sp³-hybridized carbons (Fsp3) is 0.391. The Bertz CT molecular complexity index is 1140. The van der Waals surface area contributed by atoms with Gasteiger partial charge in [0.05, 0.1) is 12.1 Å². The molecule has 4 rings (SSSR count). The van der Waals surface area contributed by atoms with E-state index in [1.54, 1.807) is 24.3 Å². The molecule has 0 bridgehead atoms. The van der Waals surface area contributed by atoms with Crippen LogP contribution in [0.5, 0.6) is 5.75 Å². The number of aliphatic hydroxyl groups is 1. The number of hydrogen-bond acceptors (Lipinski definition) is 6. The fourth-order valence-corrected chi connectivity index (χ4v) is 4.08. The highest BCUT2D eigenvalue weighted by Gasteiger charge is 2.42. The van der Waals surface area contributed by atoms with E-state index in [0.717, 1.165) is 17.5 Å². The number of aliphatic hydroxyl groups excluding tert-OH is 1. The van der Waals surface area contributed by atoms with Gasteiger partial charge < -0.3 is 24.1 Å². The molecule has 1 aliphatic rings. The molecular weight excluding hydrogens is 402 g/mol. The molecule has 2 aromatic carbocycles. The fourth-order valence-electron chi connectivity index (χ4n) is 4.08. The van der Waals surface area contributed by atoms with Gasteiger partial charge in [0, 0.05) is 13.0 Å². The zero-order valence-electron chi connectivity index (χ0n) is 17.2. The number of carboxylic acids is 1. The van der Waals surface area contributed by atoms with Crippen LogP contribution in [0, 0.1) is 6.92 Å². The van der Waals surface area contributed by atoms with Crippen molar-refractivity contribution >= 4 is 17.1 Å². The zero-order valence-corrected chi connectivity index (χ0v) is 17.2. The quantitative estimate of drug-likeness (QED) is 0.568. The van der Waals surface area contributed by atoms with Crippen LogP contribution in [0.2, 0.25) is 0 Å². The van der Waals surface area contributed by atoms with Gasteiger partial charge >= 0.3 is 11.7 Å². The van der Waals surface area contributed by atoms with Gasteiger partial charge in [0.1, 0.15) is 18.5 Å². The van der Waals surface area contributed by atoms with E-state index in [2.05, 4.69) is 0 Å². The van der Waals surface area contributed by atoms with Crippen molar-refractivity contribution in [2.24, 2.45) is 0 Å². The number of aryl methyl sites for hydroxylation is 1. The van der Waals surface area contributed by atoms with Crippen LogP contribution in [0.4, 0.5) is 0 Å². The molecule has 0 radical (unpaired) electrons. The number of hydrogen-bond donors (Lipinski definition) is 2. The zero-order chi connectivity index (χ0) is 22.0. The number of rotatable bonds is 8. The van der Waals surface area contributed by atoms with E-state index in [0.29, 0.717) is 29.9 Å². The first kappa shape index (κ1) is 21.1. The van der Waals surface area contributed by atoms with E-state index in [9.17, 15) is 19.8 Å². The molecule has 0 amide bonds. The van der Waals surface area contributed by atoms with Gasteiger partial charge in [-0.2, -0.15) is 0 Å². The van der Waals surface area contributed by atoms with Crippen molar-refractivity contribution < 1.29 is 28.9 Å². The van der Waals surface area contributed by atoms with Crippen molar-refractivity contribution in [3.63, 3.8) is 0 Å². The molecule has 0 aliphatic carbocycles. The second-order valence-corrected chi connectivity index (χ2v) is 7.94. The largest absolute Gasteiger partial charge is 0.491 e. The van der Waals surface area contributed by atoms with Gasteiger partial charge in [-0.05, 0) is 49.1 Å². The Kier molecular flexibility index (Phi) is 5.84. The Balaban J connectivity index is 1.42. The summed E-state index contributed by atoms with van der Waals surface area (Å²) in [6, 6.07) is 12.5. The molecule has 0 spiro atoms. The van der Waals surface area contributed by atoms with E-state index in [-0.39, 0.29) is 19.6 Å². The minimum atomic E-state index is -1.19. The van der Waals surface area contributed by atoms with Gasteiger partial charge in [0.15, 0.2) is 11.2 Å². The number of ether oxygens (including phenoxy) is 2. The lowest BCUT2D eigenvalue weighted by Gasteiger charge is -2.23. The lowest BCUT2D eigenvalue weighted by atomic mass is 9.91. The third-order valence-corrected chi connectivity index (χ3v) is 5.61. The van der Waals surface area contributed by atoms with Gasteiger partial charge in [-0.15, -0.1) is 0 Å². The topological polar surface area (TPSA) is 111 Å². The Hall–Kier alpha value is -3.10. The van der Waals surface area contributed by atoms with Crippen molar-refractivity contribution in [3.05, 3.63) is 64.1 Å². The number of aromatic nitrogens is 1. The number of oxazole rings is 1. The molecular formula is C23H25NO7. The van der Waals surface area contributed by atoms with Crippen LogP contribution in [0.25, 0.3) is 11.1 Å². The molecule has 3 aromatic rings. The molecule has 0 saturated carbocycles. The molecule has 1 unspecified atom stereocenters. The Labute approximate surface area is 178 Å². The summed E-state index contributed by atoms with van der Waals surface area (Å²) in [5.74, 6) is -0.976. The summed E-state index contributed by atoms with van der Waals surface area (Å²) in [7, 11) is 0. The molecule has 2 atom stereocenters. The van der Waals surface area contributed by atoms with E-state index in [1.807, 2.05) is 25.1 Å². The standard InChI is InChI=1S/C23H25NO7/c1-15-5-2-8-19-20(15)24(22(28)31-19)13-17(25)14-29-18-7-3-6-16(11-18)12-23(21(26)27)9-4-10-30-23/h2-3,5-8,11,17,25H,4,9-10,12-14H2,1H3,(H,26,27)/t17-,23?/m0/s1. The summed E-state index contributed by atoms with van der Waals surface area (Å²) in [4.78, 5) is 23.9. The molecule has 1 aromatic heterocycles. The number of fused-ring (bicyclic) bond motifs is 1. The van der Waals surface area contributed by atoms with Crippen LogP contribution >= 0.6 is 0 Å². The summed E-state index contributed by atoms with van der Waals surface area (Å²) in [5.41, 5.74) is 1.60. The van der Waals surface area contributed by atoms with Crippen LogP contribution in [0.15, 0.2) is 51.7 Å². The lowest BCUT2D eigenvalue weighted by Crippen LogP contribution is -2.40. The number of nitrogens with zero attached hydrogens (tertiary/aromatic N) is 1. The van der Waals surface area contributed by atoms with Gasteiger partial charge in [-0.3, -0.25) is 4.57 Å². The lowest BCUT2D eigenvalue weighted by molar-refractivity contribution is -0.159. The monoisotopic (exact) mass is 427 g/mol. The summed E-state index contributed by atoms with van der Waals surface area (Å²) < 4.78 is 17.9. The van der Waals surface area contributed by atoms with E-state index in [1.165, 1.54) is 4.57 Å². The highest BCUT2D eigenvalue weighted by atomic mass is 16.5. The molecule has 1 saturated heterocycles. The van der Waals surface area contributed by atoms with E-state index >= 15 is 0 Å². The SMILES string of the molecule is Cc1cccc2oc(=O)n(C[C@H](O)COc3cccc(CC4(C(=O)O)CCCO4)c3)c12. The highest BCUT2D eigenvalue weighted by Crippen LogP contribution is 2.31. The van der Waals surface area contributed by atoms with Crippen molar-refractivity contribution in [2.45, 2.75) is 44.4 Å². The third kappa shape index (κ3) is 4.35. The second kappa shape index (κ2) is 8.56. The molecule has 8 nitrogen and oxygen atoms in total. The van der Waals surface area contributed by atoms with E-state index < -0.39 is 23.4 Å². The van der Waals surface area contributed by atoms with Crippen LogP contribution in [0.3, 0.4) is 0 Å². The van der Waals surface area contributed by atoms with Gasteiger partial charge in [0.2, 0.25) is 0 Å². The first-order valence-electron chi connectivity index (χ1n) is 10.2. The summed E-state index contributed by atoms with van der Waals surface area (Å²) in [6.07, 6.45) is 0.498. The Morgan fingerprint density at radius 2 is 2.10 bits per heavy atom. The van der Waals surface area contributed by atoms with Crippen molar-refractivity contribution in [2.75, 3.05) is 13.2 Å². The highest BCUT2D eigenvalue weighted by molar-refractivity contribution is 5.78. The van der Waals surface area contributed by atoms with Crippen LogP contribution in [-0.2, 0) is 22.5 Å². The van der Waals surface area contributed by atoms with Crippen LogP contribution in [-0.4, -0.2) is 45.7 Å². The molecule has 2 heterocycles. The number of benzene rings is 2. The van der Waals surface area contributed by atoms with Gasteiger partial charge in [-0.1, -0.05) is 24.3 Å². The van der Waals surface area contributed by atoms with E-state index in [4.69, 9.17) is 13.9 Å². The summed E-state index contributed by atoms with van der Waals surface area (Å²) >= 11 is 0. The van der Waals surface area contributed by atoms with Crippen molar-refractivity contribution in [1.82, 2.24) is 4.57 Å². The Morgan fingerprint density at radius 3 is 2.84 bits per heavy atom. The van der Waals surface area contributed by atoms with Gasteiger partial charge in [0.25, 0.3) is 0 Å². The smallest absolute Gasteiger partial charge is 0.420 e. The normalized spacial score (nSPS) is 19.5. The minimum Gasteiger partial charge on any atom is -0.491 e. The molecule has 164 valence electrons. The number of carboxylic acid groups (broad SMARTS) is 1. The van der Waals surface area contributed by atoms with Crippen molar-refractivity contribution in [3.8, 4) is 5.75 Å². The molecule has 2 N–H and O–H groups in total. The van der Waals surface area contributed by atoms with Gasteiger partial charge in [-0.25, -0.2) is 9.59 Å². The van der Waals surface area contributed by atoms with Crippen molar-refractivity contribution in [1.29, 1.82) is 0 Å². The molecule has 1 fully saturated rings. The first-order valence-corrected chi connectivity index (χ1v) is 10.2. The summed E-state index contributed by atoms with van der Waals surface area (Å²) in [5, 5.41) is 20.0. The van der Waals surface area contributed by atoms with Crippen LogP contribution in [0.1, 0.15) is 24.0 Å². The maximum Gasteiger partial charge on any atom is 0.420 e. The molecule has 1 aliphatic heterocycles. The van der Waals surface area contributed by atoms with Crippen LogP contribution < -0.4 is 10.5 Å². The first-order chi connectivity index (χ1) is 14.9. The predicted molar refractivity (Wildman–Crippen MR) is 112 cm³/mol. The maximum absolute atomic E-state index is 12.2. The average Bonchev–Trinajstić information content (AvgIpc) is 3.33.